The van der Waals surface area contributed by atoms with Crippen LogP contribution in [0.5, 0.6) is 0 Å². The number of nitrogens with zero attached hydrogens (tertiary/aromatic N) is 1. The fourth-order valence-electron chi connectivity index (χ4n) is 1.37. The average Bonchev–Trinajstić information content (AvgIpc) is 2.42. The van der Waals surface area contributed by atoms with Crippen LogP contribution < -0.4 is 5.32 Å². The van der Waals surface area contributed by atoms with Crippen molar-refractivity contribution in [3.8, 4) is 0 Å². The molecule has 72 valence electrons. The van der Waals surface area contributed by atoms with Gasteiger partial charge in [0.05, 0.1) is 11.3 Å². The molecule has 0 bridgehead atoms. The van der Waals surface area contributed by atoms with E-state index in [0.29, 0.717) is 11.3 Å². The third-order valence-corrected chi connectivity index (χ3v) is 1.99. The number of amides is 1. The minimum absolute atomic E-state index is 0.0659. The quantitative estimate of drug-likeness (QED) is 0.542. The first-order chi connectivity index (χ1) is 6.58. The van der Waals surface area contributed by atoms with E-state index in [1.165, 1.54) is 0 Å². The number of anilines is 1. The third-order valence-electron chi connectivity index (χ3n) is 1.99. The van der Waals surface area contributed by atoms with Crippen molar-refractivity contribution in [2.75, 3.05) is 5.32 Å². The van der Waals surface area contributed by atoms with Crippen LogP contribution in [0, 0.1) is 15.9 Å². The molecule has 14 heavy (non-hydrogen) atoms. The van der Waals surface area contributed by atoms with Gasteiger partial charge in [-0.05, 0) is 5.56 Å². The van der Waals surface area contributed by atoms with Crippen LogP contribution in [0.3, 0.4) is 0 Å². The molecule has 0 atom stereocenters. The Morgan fingerprint density at radius 2 is 2.21 bits per heavy atom. The standard InChI is InChI=1S/C8H5FN2O3/c9-5-3-6-4(2-8(12)10-6)1-7(5)11(13)14/h1,3H,2H2,(H,10,12). The van der Waals surface area contributed by atoms with Crippen molar-refractivity contribution >= 4 is 17.3 Å². The molecule has 1 aliphatic heterocycles. The Labute approximate surface area is 77.7 Å². The molecule has 6 heteroatoms. The number of nitro benzene ring substituents is 1. The van der Waals surface area contributed by atoms with Gasteiger partial charge in [-0.2, -0.15) is 4.39 Å². The van der Waals surface area contributed by atoms with E-state index in [-0.39, 0.29) is 12.3 Å². The zero-order valence-corrected chi connectivity index (χ0v) is 6.91. The molecule has 0 spiro atoms. The zero-order chi connectivity index (χ0) is 10.3. The summed E-state index contributed by atoms with van der Waals surface area (Å²) in [6.45, 7) is 0. The van der Waals surface area contributed by atoms with E-state index < -0.39 is 16.4 Å². The van der Waals surface area contributed by atoms with Crippen LogP contribution in [-0.2, 0) is 11.2 Å². The van der Waals surface area contributed by atoms with Gasteiger partial charge in [-0.15, -0.1) is 0 Å². The molecule has 1 heterocycles. The van der Waals surface area contributed by atoms with Gasteiger partial charge in [0.15, 0.2) is 0 Å². The minimum Gasteiger partial charge on any atom is -0.325 e. The number of nitrogens with one attached hydrogen (secondary N) is 1. The van der Waals surface area contributed by atoms with Crippen molar-refractivity contribution in [3.63, 3.8) is 0 Å². The Morgan fingerprint density at radius 1 is 1.50 bits per heavy atom. The van der Waals surface area contributed by atoms with Gasteiger partial charge in [-0.25, -0.2) is 0 Å². The molecule has 0 fully saturated rings. The normalized spacial score (nSPS) is 13.6. The van der Waals surface area contributed by atoms with E-state index in [4.69, 9.17) is 0 Å². The van der Waals surface area contributed by atoms with Crippen molar-refractivity contribution in [3.05, 3.63) is 33.6 Å². The maximum atomic E-state index is 13.0. The Morgan fingerprint density at radius 3 is 2.86 bits per heavy atom. The lowest BCUT2D eigenvalue weighted by Gasteiger charge is -1.98. The molecular formula is C8H5FN2O3. The summed E-state index contributed by atoms with van der Waals surface area (Å²) in [5.41, 5.74) is 0.182. The molecular weight excluding hydrogens is 191 g/mol. The van der Waals surface area contributed by atoms with E-state index in [1.807, 2.05) is 0 Å². The molecule has 1 aliphatic rings. The lowest BCUT2D eigenvalue weighted by molar-refractivity contribution is -0.387. The van der Waals surface area contributed by atoms with Crippen LogP contribution in [0.2, 0.25) is 0 Å². The van der Waals surface area contributed by atoms with Crippen LogP contribution in [0.4, 0.5) is 15.8 Å². The topological polar surface area (TPSA) is 72.2 Å². The second kappa shape index (κ2) is 2.76. The number of hydrogen-bond acceptors (Lipinski definition) is 3. The van der Waals surface area contributed by atoms with Gasteiger partial charge >= 0.3 is 5.69 Å². The highest BCUT2D eigenvalue weighted by atomic mass is 19.1. The molecule has 0 aromatic heterocycles. The lowest BCUT2D eigenvalue weighted by Crippen LogP contribution is -2.03. The van der Waals surface area contributed by atoms with Gasteiger partial charge in [0.25, 0.3) is 0 Å². The highest BCUT2D eigenvalue weighted by Crippen LogP contribution is 2.29. The predicted octanol–water partition coefficient (Wildman–Crippen LogP) is 1.23. The van der Waals surface area contributed by atoms with E-state index in [2.05, 4.69) is 5.32 Å². The maximum Gasteiger partial charge on any atom is 0.305 e. The highest BCUT2D eigenvalue weighted by molar-refractivity contribution is 5.99. The SMILES string of the molecule is O=C1Cc2cc([N+](=O)[O-])c(F)cc2N1. The first-order valence-electron chi connectivity index (χ1n) is 3.84. The molecule has 0 saturated heterocycles. The molecule has 1 aromatic carbocycles. The first-order valence-corrected chi connectivity index (χ1v) is 3.84. The molecule has 1 aromatic rings. The Balaban J connectivity index is 2.55. The molecule has 0 saturated carbocycles. The van der Waals surface area contributed by atoms with Crippen molar-refractivity contribution in [1.82, 2.24) is 0 Å². The Bertz CT molecular complexity index is 444. The molecule has 0 radical (unpaired) electrons. The number of hydrogen-bond donors (Lipinski definition) is 1. The second-order valence-electron chi connectivity index (χ2n) is 2.94. The average molecular weight is 196 g/mol. The zero-order valence-electron chi connectivity index (χ0n) is 6.91. The van der Waals surface area contributed by atoms with E-state index in [0.717, 1.165) is 12.1 Å². The lowest BCUT2D eigenvalue weighted by atomic mass is 10.1. The van der Waals surface area contributed by atoms with E-state index >= 15 is 0 Å². The number of fused-ring (bicyclic) bond motifs is 1. The van der Waals surface area contributed by atoms with Gasteiger partial charge < -0.3 is 5.32 Å². The largest absolute Gasteiger partial charge is 0.325 e. The van der Waals surface area contributed by atoms with E-state index in [1.54, 1.807) is 0 Å². The summed E-state index contributed by atoms with van der Waals surface area (Å²) in [6, 6.07) is 2.06. The fourth-order valence-corrected chi connectivity index (χ4v) is 1.37. The Hall–Kier alpha value is -1.98. The molecule has 0 aliphatic carbocycles. The first kappa shape index (κ1) is 8.61. The Kier molecular flexibility index (Phi) is 1.70. The molecule has 5 nitrogen and oxygen atoms in total. The summed E-state index contributed by atoms with van der Waals surface area (Å²) in [7, 11) is 0. The molecule has 1 N–H and O–H groups in total. The van der Waals surface area contributed by atoms with Gasteiger partial charge in [-0.1, -0.05) is 0 Å². The maximum absolute atomic E-state index is 13.0. The summed E-state index contributed by atoms with van der Waals surface area (Å²) in [4.78, 5) is 20.4. The van der Waals surface area contributed by atoms with Crippen LogP contribution in [0.25, 0.3) is 0 Å². The monoisotopic (exact) mass is 196 g/mol. The highest BCUT2D eigenvalue weighted by Gasteiger charge is 2.24. The summed E-state index contributed by atoms with van der Waals surface area (Å²) in [5, 5.41) is 12.8. The third kappa shape index (κ3) is 1.20. The molecule has 1 amide bonds. The second-order valence-corrected chi connectivity index (χ2v) is 2.94. The number of nitro groups is 1. The summed E-state index contributed by atoms with van der Waals surface area (Å²) >= 11 is 0. The van der Waals surface area contributed by atoms with E-state index in [9.17, 15) is 19.3 Å². The fraction of sp³-hybridized carbons (Fsp3) is 0.125. The number of halogens is 1. The van der Waals surface area contributed by atoms with Crippen LogP contribution in [0.15, 0.2) is 12.1 Å². The number of carbonyl (C=O) groups is 1. The minimum atomic E-state index is -0.934. The van der Waals surface area contributed by atoms with Crippen molar-refractivity contribution < 1.29 is 14.1 Å². The van der Waals surface area contributed by atoms with Crippen LogP contribution >= 0.6 is 0 Å². The summed E-state index contributed by atoms with van der Waals surface area (Å²) in [5.74, 6) is -1.21. The van der Waals surface area contributed by atoms with Gasteiger partial charge in [0.1, 0.15) is 0 Å². The van der Waals surface area contributed by atoms with Crippen LogP contribution in [0.1, 0.15) is 5.56 Å². The predicted molar refractivity (Wildman–Crippen MR) is 45.4 cm³/mol. The van der Waals surface area contributed by atoms with Crippen molar-refractivity contribution in [2.24, 2.45) is 0 Å². The summed E-state index contributed by atoms with van der Waals surface area (Å²) in [6.07, 6.45) is 0.0659. The number of rotatable bonds is 1. The van der Waals surface area contributed by atoms with Crippen molar-refractivity contribution in [2.45, 2.75) is 6.42 Å². The van der Waals surface area contributed by atoms with Gasteiger partial charge in [0.2, 0.25) is 11.7 Å². The smallest absolute Gasteiger partial charge is 0.305 e. The summed E-state index contributed by atoms with van der Waals surface area (Å²) < 4.78 is 13.0. The van der Waals surface area contributed by atoms with Gasteiger partial charge in [0, 0.05) is 17.8 Å². The number of benzene rings is 1. The molecule has 2 rings (SSSR count). The molecule has 0 unspecified atom stereocenters. The number of carbonyl (C=O) groups excluding carboxylic acids is 1. The van der Waals surface area contributed by atoms with Crippen LogP contribution in [-0.4, -0.2) is 10.8 Å². The van der Waals surface area contributed by atoms with Crippen molar-refractivity contribution in [1.29, 1.82) is 0 Å². The van der Waals surface area contributed by atoms with Gasteiger partial charge in [-0.3, -0.25) is 14.9 Å².